The van der Waals surface area contributed by atoms with Crippen LogP contribution in [-0.2, 0) is 16.6 Å². The molecule has 1 fully saturated rings. The van der Waals surface area contributed by atoms with Crippen molar-refractivity contribution in [2.45, 2.75) is 42.0 Å². The standard InChI is InChI=1S/C15H24N4O2S2.HI/c1-17-15(19-12-5-6-13(9-12)22-2)18-10-11-3-7-14(8-4-11)23(16,20)21;/h3-4,7-8,12-13H,5-6,9-10H2,1-2H3,(H2,16,20,21)(H2,17,18,19);1H. The first-order valence-electron chi connectivity index (χ1n) is 7.54. The Morgan fingerprint density at radius 2 is 2.00 bits per heavy atom. The highest BCUT2D eigenvalue weighted by Gasteiger charge is 2.24. The third-order valence-corrected chi connectivity index (χ3v) is 6.02. The minimum absolute atomic E-state index is 0. The normalized spacial score (nSPS) is 21.2. The van der Waals surface area contributed by atoms with Gasteiger partial charge in [-0.3, -0.25) is 4.99 Å². The van der Waals surface area contributed by atoms with Gasteiger partial charge in [0.1, 0.15) is 0 Å². The fraction of sp³-hybridized carbons (Fsp3) is 0.533. The van der Waals surface area contributed by atoms with Gasteiger partial charge >= 0.3 is 0 Å². The highest BCUT2D eigenvalue weighted by Crippen LogP contribution is 2.27. The van der Waals surface area contributed by atoms with Crippen molar-refractivity contribution in [3.05, 3.63) is 29.8 Å². The molecular weight excluding hydrogens is 459 g/mol. The molecule has 0 amide bonds. The molecule has 0 aliphatic heterocycles. The minimum Gasteiger partial charge on any atom is -0.354 e. The van der Waals surface area contributed by atoms with Crippen LogP contribution in [0.4, 0.5) is 0 Å². The van der Waals surface area contributed by atoms with Crippen LogP contribution in [0.3, 0.4) is 0 Å². The minimum atomic E-state index is -3.64. The molecule has 0 bridgehead atoms. The second-order valence-corrected chi connectivity index (χ2v) is 8.33. The molecule has 0 radical (unpaired) electrons. The Balaban J connectivity index is 0.00000288. The van der Waals surface area contributed by atoms with Gasteiger partial charge in [-0.25, -0.2) is 13.6 Å². The molecule has 0 saturated heterocycles. The second kappa shape index (κ2) is 9.83. The summed E-state index contributed by atoms with van der Waals surface area (Å²) < 4.78 is 22.5. The van der Waals surface area contributed by atoms with Gasteiger partial charge in [-0.1, -0.05) is 12.1 Å². The van der Waals surface area contributed by atoms with Crippen molar-refractivity contribution in [2.75, 3.05) is 13.3 Å². The van der Waals surface area contributed by atoms with E-state index in [1.54, 1.807) is 19.2 Å². The van der Waals surface area contributed by atoms with Gasteiger partial charge in [0.25, 0.3) is 0 Å². The van der Waals surface area contributed by atoms with Crippen LogP contribution in [0.5, 0.6) is 0 Å². The Hall–Kier alpha value is -0.520. The average Bonchev–Trinajstić information content (AvgIpc) is 2.98. The Labute approximate surface area is 165 Å². The lowest BCUT2D eigenvalue weighted by Gasteiger charge is -2.17. The summed E-state index contributed by atoms with van der Waals surface area (Å²) in [7, 11) is -1.89. The fourth-order valence-electron chi connectivity index (χ4n) is 2.66. The number of guanidine groups is 1. The van der Waals surface area contributed by atoms with Crippen molar-refractivity contribution in [2.24, 2.45) is 10.1 Å². The maximum absolute atomic E-state index is 11.2. The van der Waals surface area contributed by atoms with Crippen molar-refractivity contribution in [1.29, 1.82) is 0 Å². The Kier molecular flexibility index (Phi) is 8.82. The first-order chi connectivity index (χ1) is 10.9. The molecule has 1 aliphatic rings. The molecule has 2 unspecified atom stereocenters. The van der Waals surface area contributed by atoms with Crippen LogP contribution in [0.15, 0.2) is 34.2 Å². The van der Waals surface area contributed by atoms with Gasteiger partial charge in [-0.2, -0.15) is 11.8 Å². The van der Waals surface area contributed by atoms with Gasteiger partial charge in [0.2, 0.25) is 10.0 Å². The summed E-state index contributed by atoms with van der Waals surface area (Å²) in [6.45, 7) is 0.573. The zero-order valence-corrected chi connectivity index (χ0v) is 17.8. The van der Waals surface area contributed by atoms with Crippen molar-refractivity contribution >= 4 is 51.7 Å². The summed E-state index contributed by atoms with van der Waals surface area (Å²) >= 11 is 1.92. The maximum Gasteiger partial charge on any atom is 0.238 e. The molecule has 24 heavy (non-hydrogen) atoms. The summed E-state index contributed by atoms with van der Waals surface area (Å²) in [5, 5.41) is 12.5. The number of nitrogens with one attached hydrogen (secondary N) is 2. The number of nitrogens with two attached hydrogens (primary N) is 1. The summed E-state index contributed by atoms with van der Waals surface area (Å²) in [5.41, 5.74) is 0.966. The summed E-state index contributed by atoms with van der Waals surface area (Å²) in [4.78, 5) is 4.37. The quantitative estimate of drug-likeness (QED) is 0.337. The fourth-order valence-corrected chi connectivity index (χ4v) is 3.97. The number of rotatable bonds is 5. The van der Waals surface area contributed by atoms with Crippen LogP contribution in [0.25, 0.3) is 0 Å². The van der Waals surface area contributed by atoms with Crippen molar-refractivity contribution in [1.82, 2.24) is 10.6 Å². The number of hydrogen-bond acceptors (Lipinski definition) is 4. The average molecular weight is 484 g/mol. The Morgan fingerprint density at radius 1 is 1.33 bits per heavy atom. The van der Waals surface area contributed by atoms with Crippen LogP contribution in [0.2, 0.25) is 0 Å². The Bertz CT molecular complexity index is 650. The van der Waals surface area contributed by atoms with Crippen LogP contribution in [0, 0.1) is 0 Å². The van der Waals surface area contributed by atoms with E-state index in [-0.39, 0.29) is 28.9 Å². The lowest BCUT2D eigenvalue weighted by Crippen LogP contribution is -2.42. The number of halogens is 1. The van der Waals surface area contributed by atoms with Crippen molar-refractivity contribution in [3.63, 3.8) is 0 Å². The molecule has 0 spiro atoms. The van der Waals surface area contributed by atoms with E-state index in [9.17, 15) is 8.42 Å². The molecule has 1 aliphatic carbocycles. The maximum atomic E-state index is 11.2. The largest absolute Gasteiger partial charge is 0.354 e. The van der Waals surface area contributed by atoms with E-state index in [2.05, 4.69) is 21.9 Å². The van der Waals surface area contributed by atoms with Gasteiger partial charge in [-0.05, 0) is 43.2 Å². The molecule has 1 aromatic rings. The third kappa shape index (κ3) is 6.41. The van der Waals surface area contributed by atoms with Crippen LogP contribution >= 0.6 is 35.7 Å². The van der Waals surface area contributed by atoms with Crippen molar-refractivity contribution in [3.8, 4) is 0 Å². The summed E-state index contributed by atoms with van der Waals surface area (Å²) in [6, 6.07) is 6.99. The van der Waals surface area contributed by atoms with E-state index >= 15 is 0 Å². The number of benzene rings is 1. The topological polar surface area (TPSA) is 96.6 Å². The Morgan fingerprint density at radius 3 is 2.50 bits per heavy atom. The molecule has 1 saturated carbocycles. The smallest absolute Gasteiger partial charge is 0.238 e. The summed E-state index contributed by atoms with van der Waals surface area (Å²) in [5.74, 6) is 0.771. The van der Waals surface area contributed by atoms with Gasteiger partial charge in [0.05, 0.1) is 4.90 Å². The van der Waals surface area contributed by atoms with Gasteiger partial charge < -0.3 is 10.6 Å². The van der Waals surface area contributed by atoms with E-state index in [0.29, 0.717) is 12.6 Å². The highest BCUT2D eigenvalue weighted by molar-refractivity contribution is 14.0. The lowest BCUT2D eigenvalue weighted by atomic mass is 10.2. The first-order valence-corrected chi connectivity index (χ1v) is 10.4. The molecule has 4 N–H and O–H groups in total. The van der Waals surface area contributed by atoms with Gasteiger partial charge in [0.15, 0.2) is 5.96 Å². The van der Waals surface area contributed by atoms with E-state index in [1.807, 2.05) is 11.8 Å². The van der Waals surface area contributed by atoms with Crippen LogP contribution in [-0.4, -0.2) is 39.0 Å². The van der Waals surface area contributed by atoms with Gasteiger partial charge in [-0.15, -0.1) is 24.0 Å². The number of thioether (sulfide) groups is 1. The van der Waals surface area contributed by atoms with E-state index in [0.717, 1.165) is 29.6 Å². The number of primary sulfonamides is 1. The molecule has 6 nitrogen and oxygen atoms in total. The molecule has 1 aromatic carbocycles. The first kappa shape index (κ1) is 21.5. The molecule has 0 aromatic heterocycles. The van der Waals surface area contributed by atoms with Gasteiger partial charge in [0, 0.05) is 24.9 Å². The predicted octanol–water partition coefficient (Wildman–Crippen LogP) is 1.90. The van der Waals surface area contributed by atoms with E-state index in [4.69, 9.17) is 5.14 Å². The van der Waals surface area contributed by atoms with Crippen LogP contribution in [0.1, 0.15) is 24.8 Å². The SMILES string of the molecule is CN=C(NCc1ccc(S(N)(=O)=O)cc1)NC1CCC(SC)C1.I. The van der Waals surface area contributed by atoms with E-state index < -0.39 is 10.0 Å². The number of aliphatic imine (C=N–C) groups is 1. The van der Waals surface area contributed by atoms with E-state index in [1.165, 1.54) is 18.6 Å². The zero-order chi connectivity index (χ0) is 16.9. The number of hydrogen-bond donors (Lipinski definition) is 3. The predicted molar refractivity (Wildman–Crippen MR) is 112 cm³/mol. The molecule has 0 heterocycles. The second-order valence-electron chi connectivity index (χ2n) is 5.63. The molecule has 2 atom stereocenters. The molecule has 2 rings (SSSR count). The zero-order valence-electron chi connectivity index (χ0n) is 13.9. The third-order valence-electron chi connectivity index (χ3n) is 3.99. The van der Waals surface area contributed by atoms with Crippen molar-refractivity contribution < 1.29 is 8.42 Å². The van der Waals surface area contributed by atoms with Crippen LogP contribution < -0.4 is 15.8 Å². The highest BCUT2D eigenvalue weighted by atomic mass is 127. The number of sulfonamides is 1. The molecular formula is C15H25IN4O2S2. The number of nitrogens with zero attached hydrogens (tertiary/aromatic N) is 1. The lowest BCUT2D eigenvalue weighted by molar-refractivity contribution is 0.597. The summed E-state index contributed by atoms with van der Waals surface area (Å²) in [6.07, 6.45) is 5.72. The molecule has 9 heteroatoms. The monoisotopic (exact) mass is 484 g/mol. The molecule has 136 valence electrons.